The van der Waals surface area contributed by atoms with Crippen molar-refractivity contribution in [3.05, 3.63) is 72.3 Å². The van der Waals surface area contributed by atoms with Crippen molar-refractivity contribution in [2.45, 2.75) is 4.90 Å². The van der Waals surface area contributed by atoms with E-state index in [2.05, 4.69) is 5.32 Å². The molecule has 0 aliphatic heterocycles. The van der Waals surface area contributed by atoms with Gasteiger partial charge in [-0.25, -0.2) is 8.42 Å². The van der Waals surface area contributed by atoms with Crippen LogP contribution in [0, 0.1) is 0 Å². The Labute approximate surface area is 138 Å². The zero-order valence-corrected chi connectivity index (χ0v) is 13.4. The summed E-state index contributed by atoms with van der Waals surface area (Å²) in [6, 6.07) is 18.7. The van der Waals surface area contributed by atoms with Gasteiger partial charge < -0.3 is 5.32 Å². The van der Waals surface area contributed by atoms with Gasteiger partial charge in [-0.2, -0.15) is 0 Å². The van der Waals surface area contributed by atoms with Gasteiger partial charge in [0.25, 0.3) is 15.0 Å². The lowest BCUT2D eigenvalue weighted by atomic mass is 10.1. The number of rotatable bonds is 3. The number of carbonyl (C=O) groups excluding carboxylic acids is 1. The highest BCUT2D eigenvalue weighted by atomic mass is 35.7. The van der Waals surface area contributed by atoms with Crippen molar-refractivity contribution in [3.8, 4) is 0 Å². The maximum Gasteiger partial charge on any atom is 0.261 e. The molecule has 0 atom stereocenters. The third-order valence-corrected chi connectivity index (χ3v) is 4.77. The van der Waals surface area contributed by atoms with Gasteiger partial charge in [-0.05, 0) is 35.7 Å². The van der Waals surface area contributed by atoms with Crippen molar-refractivity contribution >= 4 is 42.1 Å². The van der Waals surface area contributed by atoms with Crippen LogP contribution in [0.4, 0.5) is 5.69 Å². The summed E-state index contributed by atoms with van der Waals surface area (Å²) in [6.45, 7) is 0. The van der Waals surface area contributed by atoms with E-state index in [0.717, 1.165) is 5.39 Å². The van der Waals surface area contributed by atoms with Crippen LogP contribution in [0.2, 0.25) is 0 Å². The Morgan fingerprint density at radius 3 is 2.35 bits per heavy atom. The van der Waals surface area contributed by atoms with Gasteiger partial charge in [0, 0.05) is 27.3 Å². The first-order valence-electron chi connectivity index (χ1n) is 6.79. The minimum Gasteiger partial charge on any atom is -0.321 e. The average Bonchev–Trinajstić information content (AvgIpc) is 2.54. The molecule has 3 aromatic carbocycles. The first-order chi connectivity index (χ1) is 10.9. The lowest BCUT2D eigenvalue weighted by molar-refractivity contribution is 0.102. The number of halogens is 1. The first-order valence-corrected chi connectivity index (χ1v) is 9.10. The van der Waals surface area contributed by atoms with E-state index < -0.39 is 9.05 Å². The molecule has 6 heteroatoms. The first kappa shape index (κ1) is 15.5. The van der Waals surface area contributed by atoms with Crippen LogP contribution < -0.4 is 5.32 Å². The molecule has 0 aliphatic rings. The summed E-state index contributed by atoms with van der Waals surface area (Å²) >= 11 is 0. The topological polar surface area (TPSA) is 63.2 Å². The van der Waals surface area contributed by atoms with Crippen LogP contribution >= 0.6 is 10.7 Å². The van der Waals surface area contributed by atoms with Gasteiger partial charge in [-0.15, -0.1) is 0 Å². The van der Waals surface area contributed by atoms with Crippen LogP contribution in [0.5, 0.6) is 0 Å². The van der Waals surface area contributed by atoms with Crippen molar-refractivity contribution in [2.24, 2.45) is 0 Å². The molecule has 0 bridgehead atoms. The summed E-state index contributed by atoms with van der Waals surface area (Å²) in [5.74, 6) is -0.266. The molecule has 0 fully saturated rings. The smallest absolute Gasteiger partial charge is 0.261 e. The van der Waals surface area contributed by atoms with E-state index in [1.54, 1.807) is 42.5 Å². The summed E-state index contributed by atoms with van der Waals surface area (Å²) in [4.78, 5) is 12.3. The van der Waals surface area contributed by atoms with Crippen molar-refractivity contribution in [1.29, 1.82) is 0 Å². The largest absolute Gasteiger partial charge is 0.321 e. The SMILES string of the molecule is O=C(Nc1cccc2ccc(S(=O)(=O)Cl)cc12)c1ccccc1. The Morgan fingerprint density at radius 2 is 1.65 bits per heavy atom. The molecule has 3 aromatic rings. The Bertz CT molecular complexity index is 985. The molecule has 0 spiro atoms. The lowest BCUT2D eigenvalue weighted by Gasteiger charge is -2.09. The van der Waals surface area contributed by atoms with E-state index in [-0.39, 0.29) is 10.8 Å². The number of carbonyl (C=O) groups is 1. The second kappa shape index (κ2) is 6.02. The molecule has 1 amide bonds. The van der Waals surface area contributed by atoms with Crippen LogP contribution in [-0.2, 0) is 9.05 Å². The molecule has 0 radical (unpaired) electrons. The van der Waals surface area contributed by atoms with Gasteiger partial charge >= 0.3 is 0 Å². The van der Waals surface area contributed by atoms with Crippen LogP contribution in [0.3, 0.4) is 0 Å². The van der Waals surface area contributed by atoms with Crippen molar-refractivity contribution in [3.63, 3.8) is 0 Å². The van der Waals surface area contributed by atoms with Crippen LogP contribution in [0.25, 0.3) is 10.8 Å². The molecule has 0 unspecified atom stereocenters. The summed E-state index contributed by atoms with van der Waals surface area (Å²) in [7, 11) is 1.57. The normalized spacial score (nSPS) is 11.3. The maximum atomic E-state index is 12.3. The van der Waals surface area contributed by atoms with Gasteiger partial charge in [0.05, 0.1) is 4.90 Å². The lowest BCUT2D eigenvalue weighted by Crippen LogP contribution is -2.11. The Hall–Kier alpha value is -2.37. The second-order valence-corrected chi connectivity index (χ2v) is 7.51. The van der Waals surface area contributed by atoms with Gasteiger partial charge in [-0.1, -0.05) is 36.4 Å². The minimum absolute atomic E-state index is 0.00641. The van der Waals surface area contributed by atoms with Crippen LogP contribution in [0.1, 0.15) is 10.4 Å². The highest BCUT2D eigenvalue weighted by molar-refractivity contribution is 8.13. The number of hydrogen-bond acceptors (Lipinski definition) is 3. The monoisotopic (exact) mass is 345 g/mol. The number of benzene rings is 3. The van der Waals surface area contributed by atoms with E-state index in [1.165, 1.54) is 12.1 Å². The second-order valence-electron chi connectivity index (χ2n) is 4.95. The number of fused-ring (bicyclic) bond motifs is 1. The predicted octanol–water partition coefficient (Wildman–Crippen LogP) is 4.02. The van der Waals surface area contributed by atoms with E-state index in [9.17, 15) is 13.2 Å². The van der Waals surface area contributed by atoms with E-state index in [1.807, 2.05) is 12.1 Å². The molecular formula is C17H12ClNO3S. The van der Waals surface area contributed by atoms with E-state index in [4.69, 9.17) is 10.7 Å². The minimum atomic E-state index is -3.83. The summed E-state index contributed by atoms with van der Waals surface area (Å²) in [6.07, 6.45) is 0. The summed E-state index contributed by atoms with van der Waals surface area (Å²) < 4.78 is 23.0. The summed E-state index contributed by atoms with van der Waals surface area (Å²) in [5.41, 5.74) is 1.05. The Kier molecular flexibility index (Phi) is 4.07. The number of hydrogen-bond donors (Lipinski definition) is 1. The highest BCUT2D eigenvalue weighted by Gasteiger charge is 2.13. The van der Waals surface area contributed by atoms with Gasteiger partial charge in [0.15, 0.2) is 0 Å². The molecule has 3 rings (SSSR count). The molecule has 0 aromatic heterocycles. The maximum absolute atomic E-state index is 12.3. The molecule has 1 N–H and O–H groups in total. The quantitative estimate of drug-likeness (QED) is 0.729. The molecule has 0 heterocycles. The fourth-order valence-corrected chi connectivity index (χ4v) is 3.07. The molecule has 0 aliphatic carbocycles. The Morgan fingerprint density at radius 1 is 0.913 bits per heavy atom. The predicted molar refractivity (Wildman–Crippen MR) is 91.4 cm³/mol. The molecule has 4 nitrogen and oxygen atoms in total. The third kappa shape index (κ3) is 3.36. The zero-order chi connectivity index (χ0) is 16.4. The zero-order valence-electron chi connectivity index (χ0n) is 11.9. The Balaban J connectivity index is 2.05. The standard InChI is InChI=1S/C17H12ClNO3S/c18-23(21,22)14-10-9-12-7-4-8-16(15(12)11-14)19-17(20)13-5-2-1-3-6-13/h1-11H,(H,19,20). The fourth-order valence-electron chi connectivity index (χ4n) is 2.30. The molecule has 0 saturated carbocycles. The average molecular weight is 346 g/mol. The number of amides is 1. The van der Waals surface area contributed by atoms with Crippen molar-refractivity contribution in [2.75, 3.05) is 5.32 Å². The van der Waals surface area contributed by atoms with Gasteiger partial charge in [-0.3, -0.25) is 4.79 Å². The highest BCUT2D eigenvalue weighted by Crippen LogP contribution is 2.28. The van der Waals surface area contributed by atoms with Gasteiger partial charge in [0.2, 0.25) is 0 Å². The summed E-state index contributed by atoms with van der Waals surface area (Å²) in [5, 5.41) is 4.22. The molecule has 0 saturated heterocycles. The van der Waals surface area contributed by atoms with Crippen LogP contribution in [-0.4, -0.2) is 14.3 Å². The fraction of sp³-hybridized carbons (Fsp3) is 0. The molecule has 116 valence electrons. The van der Waals surface area contributed by atoms with Crippen molar-refractivity contribution < 1.29 is 13.2 Å². The molecular weight excluding hydrogens is 334 g/mol. The van der Waals surface area contributed by atoms with Crippen LogP contribution in [0.15, 0.2) is 71.6 Å². The van der Waals surface area contributed by atoms with Gasteiger partial charge in [0.1, 0.15) is 0 Å². The third-order valence-electron chi connectivity index (χ3n) is 3.42. The molecule has 23 heavy (non-hydrogen) atoms. The van der Waals surface area contributed by atoms with E-state index in [0.29, 0.717) is 16.6 Å². The van der Waals surface area contributed by atoms with E-state index >= 15 is 0 Å². The number of nitrogens with one attached hydrogen (secondary N) is 1. The number of anilines is 1. The van der Waals surface area contributed by atoms with Crippen molar-refractivity contribution in [1.82, 2.24) is 0 Å².